The molecule has 2 saturated heterocycles. The van der Waals surface area contributed by atoms with Gasteiger partial charge in [-0.1, -0.05) is 6.07 Å². The van der Waals surface area contributed by atoms with Crippen LogP contribution in [0.1, 0.15) is 76.7 Å². The van der Waals surface area contributed by atoms with Crippen molar-refractivity contribution in [3.8, 4) is 0 Å². The molecular weight excluding hydrogens is 705 g/mol. The first-order valence-corrected chi connectivity index (χ1v) is 18.8. The molecule has 3 aromatic carbocycles. The lowest BCUT2D eigenvalue weighted by Gasteiger charge is -2.34. The minimum Gasteiger partial charge on any atom is -0.404 e. The molecule has 0 aliphatic carbocycles. The molecule has 284 valence electrons. The molecule has 2 fully saturated rings. The number of amides is 3. The highest BCUT2D eigenvalue weighted by molar-refractivity contribution is 6.11. The highest BCUT2D eigenvalue weighted by Gasteiger charge is 2.39. The predicted octanol–water partition coefficient (Wildman–Crippen LogP) is 5.67. The number of hydrogen-bond donors (Lipinski definition) is 2. The molecular formula is C42H43F2N7O4. The molecule has 1 atom stereocenters. The molecule has 4 aliphatic heterocycles. The monoisotopic (exact) mass is 747 g/mol. The van der Waals surface area contributed by atoms with Gasteiger partial charge in [-0.25, -0.2) is 8.78 Å². The number of benzene rings is 3. The number of pyridine rings is 1. The first kappa shape index (κ1) is 36.1. The van der Waals surface area contributed by atoms with Crippen LogP contribution in [0.3, 0.4) is 0 Å². The first-order chi connectivity index (χ1) is 26.5. The maximum atomic E-state index is 14.9. The normalized spacial score (nSPS) is 19.5. The molecule has 8 rings (SSSR count). The number of halogens is 2. The number of hydrogen-bond acceptors (Lipinski definition) is 8. The SMILES string of the molecule is Cc1cc2c(N3CCCc4cc(/C(C=NC5CCN(c6ccc7c(c6)CN(C6CCC(=O)NC6=O)C7=O)CC5)=C/N)c(C(F)F)cc43)cccc2n(C)c1=O. The second kappa shape index (κ2) is 14.4. The number of aryl methyl sites for hydroxylation is 3. The molecule has 4 aliphatic rings. The Kier molecular flexibility index (Phi) is 9.48. The maximum Gasteiger partial charge on any atom is 0.264 e. The number of nitrogens with zero attached hydrogens (tertiary/aromatic N) is 5. The van der Waals surface area contributed by atoms with E-state index >= 15 is 0 Å². The van der Waals surface area contributed by atoms with Crippen LogP contribution in [0.5, 0.6) is 0 Å². The lowest BCUT2D eigenvalue weighted by molar-refractivity contribution is -0.136. The van der Waals surface area contributed by atoms with Crippen LogP contribution >= 0.6 is 0 Å². The number of allylic oxidation sites excluding steroid dienone is 1. The van der Waals surface area contributed by atoms with Crippen molar-refractivity contribution < 1.29 is 23.2 Å². The molecule has 0 saturated carbocycles. The van der Waals surface area contributed by atoms with E-state index in [2.05, 4.69) is 15.1 Å². The minimum atomic E-state index is -2.75. The summed E-state index contributed by atoms with van der Waals surface area (Å²) in [5, 5.41) is 3.23. The van der Waals surface area contributed by atoms with E-state index in [0.29, 0.717) is 54.9 Å². The first-order valence-electron chi connectivity index (χ1n) is 18.8. The van der Waals surface area contributed by atoms with Crippen LogP contribution in [0.2, 0.25) is 0 Å². The number of aromatic nitrogens is 1. The standard InChI is InChI=1S/C42H43F2N7O4/c1-24-17-33-34(48(2)41(24)54)6-3-7-35(33)50-14-4-5-25-19-31(32(39(43)44)20-37(25)50)27(21-45)22-46-28-12-15-49(16-13-28)29-8-9-30-26(18-29)23-51(42(30)55)36-10-11-38(52)47-40(36)53/h3,6-9,17-22,28,36,39H,4-5,10-16,23,45H2,1-2H3,(H,47,52,53)/b27-21+,46-22?. The van der Waals surface area contributed by atoms with Crippen LogP contribution in [-0.2, 0) is 29.6 Å². The molecule has 3 amide bonds. The molecule has 0 radical (unpaired) electrons. The Labute approximate surface area is 317 Å². The third-order valence-corrected chi connectivity index (χ3v) is 11.6. The van der Waals surface area contributed by atoms with Crippen molar-refractivity contribution in [3.05, 3.63) is 105 Å². The van der Waals surface area contributed by atoms with E-state index in [1.165, 1.54) is 6.20 Å². The van der Waals surface area contributed by atoms with Gasteiger partial charge in [0.15, 0.2) is 0 Å². The van der Waals surface area contributed by atoms with Gasteiger partial charge in [-0.15, -0.1) is 0 Å². The zero-order valence-corrected chi connectivity index (χ0v) is 30.9. The van der Waals surface area contributed by atoms with E-state index in [9.17, 15) is 28.0 Å². The molecule has 55 heavy (non-hydrogen) atoms. The number of imide groups is 1. The maximum absolute atomic E-state index is 14.9. The van der Waals surface area contributed by atoms with E-state index in [0.717, 1.165) is 64.8 Å². The number of alkyl halides is 2. The number of aliphatic imine (C=N–C) groups is 1. The number of carbonyl (C=O) groups excluding carboxylic acids is 3. The smallest absolute Gasteiger partial charge is 0.264 e. The van der Waals surface area contributed by atoms with Gasteiger partial charge in [-0.3, -0.25) is 29.5 Å². The third-order valence-electron chi connectivity index (χ3n) is 11.6. The van der Waals surface area contributed by atoms with Crippen molar-refractivity contribution in [2.45, 2.75) is 70.5 Å². The summed E-state index contributed by atoms with van der Waals surface area (Å²) in [5.41, 5.74) is 13.1. The number of fused-ring (bicyclic) bond motifs is 3. The largest absolute Gasteiger partial charge is 0.404 e. The third kappa shape index (κ3) is 6.55. The molecule has 13 heteroatoms. The van der Waals surface area contributed by atoms with Gasteiger partial charge in [0.1, 0.15) is 6.04 Å². The number of rotatable bonds is 7. The van der Waals surface area contributed by atoms with E-state index in [1.54, 1.807) is 35.7 Å². The molecule has 4 aromatic rings. The lowest BCUT2D eigenvalue weighted by atomic mass is 9.91. The van der Waals surface area contributed by atoms with E-state index in [-0.39, 0.29) is 35.4 Å². The van der Waals surface area contributed by atoms with Crippen molar-refractivity contribution in [1.82, 2.24) is 14.8 Å². The Morgan fingerprint density at radius 1 is 0.945 bits per heavy atom. The summed E-state index contributed by atoms with van der Waals surface area (Å²) >= 11 is 0. The number of piperidine rings is 2. The fraction of sp³-hybridized carbons (Fsp3) is 0.357. The number of anilines is 3. The minimum absolute atomic E-state index is 0.0286. The second-order valence-electron chi connectivity index (χ2n) is 14.9. The summed E-state index contributed by atoms with van der Waals surface area (Å²) in [7, 11) is 1.75. The highest BCUT2D eigenvalue weighted by atomic mass is 19.3. The van der Waals surface area contributed by atoms with Gasteiger partial charge in [0, 0.05) is 91.1 Å². The Hall–Kier alpha value is -5.85. The van der Waals surface area contributed by atoms with Crippen molar-refractivity contribution in [2.75, 3.05) is 29.4 Å². The van der Waals surface area contributed by atoms with Gasteiger partial charge in [0.25, 0.3) is 17.9 Å². The summed E-state index contributed by atoms with van der Waals surface area (Å²) < 4.78 is 31.3. The van der Waals surface area contributed by atoms with Crippen LogP contribution < -0.4 is 26.4 Å². The lowest BCUT2D eigenvalue weighted by Crippen LogP contribution is -2.52. The number of carbonyl (C=O) groups is 3. The Balaban J connectivity index is 0.978. The van der Waals surface area contributed by atoms with Gasteiger partial charge in [-0.05, 0) is 104 Å². The summed E-state index contributed by atoms with van der Waals surface area (Å²) in [6, 6.07) is 16.1. The van der Waals surface area contributed by atoms with Gasteiger partial charge >= 0.3 is 0 Å². The average molecular weight is 748 g/mol. The van der Waals surface area contributed by atoms with Gasteiger partial charge in [0.05, 0.1) is 17.2 Å². The average Bonchev–Trinajstić information content (AvgIpc) is 3.51. The molecule has 0 spiro atoms. The molecule has 0 bridgehead atoms. The zero-order valence-electron chi connectivity index (χ0n) is 30.9. The van der Waals surface area contributed by atoms with Crippen LogP contribution in [0.25, 0.3) is 16.5 Å². The van der Waals surface area contributed by atoms with Crippen LogP contribution in [-0.4, -0.2) is 65.1 Å². The molecule has 1 unspecified atom stereocenters. The summed E-state index contributed by atoms with van der Waals surface area (Å²) in [5.74, 6) is -0.948. The van der Waals surface area contributed by atoms with Crippen molar-refractivity contribution in [3.63, 3.8) is 0 Å². The highest BCUT2D eigenvalue weighted by Crippen LogP contribution is 2.42. The van der Waals surface area contributed by atoms with E-state index in [4.69, 9.17) is 10.7 Å². The predicted molar refractivity (Wildman–Crippen MR) is 209 cm³/mol. The van der Waals surface area contributed by atoms with Crippen molar-refractivity contribution >= 4 is 57.5 Å². The molecule has 3 N–H and O–H groups in total. The Bertz CT molecular complexity index is 2360. The van der Waals surface area contributed by atoms with Crippen LogP contribution in [0.4, 0.5) is 25.8 Å². The fourth-order valence-electron chi connectivity index (χ4n) is 8.62. The number of nitrogens with two attached hydrogens (primary N) is 1. The zero-order chi connectivity index (χ0) is 38.5. The van der Waals surface area contributed by atoms with Crippen LogP contribution in [0, 0.1) is 6.92 Å². The van der Waals surface area contributed by atoms with Gasteiger partial charge < -0.3 is 25.0 Å². The van der Waals surface area contributed by atoms with Crippen molar-refractivity contribution in [2.24, 2.45) is 17.8 Å². The quantitative estimate of drug-likeness (QED) is 0.184. The summed E-state index contributed by atoms with van der Waals surface area (Å²) in [6.45, 7) is 4.18. The fourth-order valence-corrected chi connectivity index (χ4v) is 8.62. The number of nitrogens with one attached hydrogen (secondary N) is 1. The van der Waals surface area contributed by atoms with E-state index < -0.39 is 18.4 Å². The summed E-state index contributed by atoms with van der Waals surface area (Å²) in [6.07, 6.45) is 3.80. The van der Waals surface area contributed by atoms with Gasteiger partial charge in [0.2, 0.25) is 11.8 Å². The van der Waals surface area contributed by atoms with Gasteiger partial charge in [-0.2, -0.15) is 0 Å². The van der Waals surface area contributed by atoms with Crippen LogP contribution in [0.15, 0.2) is 70.6 Å². The molecule has 5 heterocycles. The topological polar surface area (TPSA) is 133 Å². The second-order valence-corrected chi connectivity index (χ2v) is 14.9. The Morgan fingerprint density at radius 3 is 2.49 bits per heavy atom. The Morgan fingerprint density at radius 2 is 1.75 bits per heavy atom. The van der Waals surface area contributed by atoms with Crippen molar-refractivity contribution in [1.29, 1.82) is 0 Å². The molecule has 1 aromatic heterocycles. The summed E-state index contributed by atoms with van der Waals surface area (Å²) in [4.78, 5) is 60.6. The van der Waals surface area contributed by atoms with E-state index in [1.807, 2.05) is 48.5 Å². The molecule has 11 nitrogen and oxygen atoms in total.